The Labute approximate surface area is 133 Å². The van der Waals surface area contributed by atoms with Crippen LogP contribution < -0.4 is 11.1 Å². The number of benzene rings is 1. The largest absolute Gasteiger partial charge is 0.369 e. The van der Waals surface area contributed by atoms with E-state index in [1.165, 1.54) is 12.1 Å². The van der Waals surface area contributed by atoms with Gasteiger partial charge in [0.05, 0.1) is 16.8 Å². The second kappa shape index (κ2) is 7.07. The van der Waals surface area contributed by atoms with Gasteiger partial charge in [-0.05, 0) is 51.1 Å². The third-order valence-corrected chi connectivity index (χ3v) is 4.36. The van der Waals surface area contributed by atoms with Crippen LogP contribution in [0.25, 0.3) is 0 Å². The number of anilines is 1. The standard InChI is InChI=1S/C15H19ClFN3O2/c1-9(20-6-4-10(5-7-20)14(18)21)15(22)19-13-3-2-11(17)8-12(13)16/h2-3,8-10H,4-7H2,1H3,(H2,18,21)(H,19,22)/t9-/m0/s1. The molecule has 0 aliphatic carbocycles. The van der Waals surface area contributed by atoms with Crippen LogP contribution in [0, 0.1) is 11.7 Å². The van der Waals surface area contributed by atoms with Crippen molar-refractivity contribution < 1.29 is 14.0 Å². The zero-order valence-corrected chi connectivity index (χ0v) is 13.1. The van der Waals surface area contributed by atoms with E-state index in [1.54, 1.807) is 6.92 Å². The van der Waals surface area contributed by atoms with Crippen LogP contribution in [-0.2, 0) is 9.59 Å². The Bertz CT molecular complexity index is 574. The first kappa shape index (κ1) is 16.7. The Morgan fingerprint density at radius 3 is 2.59 bits per heavy atom. The summed E-state index contributed by atoms with van der Waals surface area (Å²) in [7, 11) is 0. The van der Waals surface area contributed by atoms with Crippen LogP contribution in [0.5, 0.6) is 0 Å². The highest BCUT2D eigenvalue weighted by Crippen LogP contribution is 2.24. The summed E-state index contributed by atoms with van der Waals surface area (Å²) < 4.78 is 13.0. The number of piperidine rings is 1. The molecule has 1 heterocycles. The fraction of sp³-hybridized carbons (Fsp3) is 0.467. The molecule has 0 radical (unpaired) electrons. The van der Waals surface area contributed by atoms with Gasteiger partial charge in [-0.25, -0.2) is 4.39 Å². The van der Waals surface area contributed by atoms with Crippen LogP contribution in [0.3, 0.4) is 0 Å². The van der Waals surface area contributed by atoms with E-state index >= 15 is 0 Å². The lowest BCUT2D eigenvalue weighted by Crippen LogP contribution is -2.47. The molecule has 0 spiro atoms. The minimum atomic E-state index is -0.454. The molecule has 22 heavy (non-hydrogen) atoms. The first-order valence-corrected chi connectivity index (χ1v) is 7.55. The van der Waals surface area contributed by atoms with Crippen molar-refractivity contribution in [1.82, 2.24) is 4.90 Å². The Hall–Kier alpha value is -1.66. The summed E-state index contributed by atoms with van der Waals surface area (Å²) in [6.07, 6.45) is 1.31. The molecule has 120 valence electrons. The fourth-order valence-electron chi connectivity index (χ4n) is 2.57. The average molecular weight is 328 g/mol. The van der Waals surface area contributed by atoms with Gasteiger partial charge in [-0.3, -0.25) is 14.5 Å². The molecule has 3 N–H and O–H groups in total. The second-order valence-corrected chi connectivity index (χ2v) is 5.91. The van der Waals surface area contributed by atoms with E-state index in [4.69, 9.17) is 17.3 Å². The van der Waals surface area contributed by atoms with Gasteiger partial charge in [-0.15, -0.1) is 0 Å². The third kappa shape index (κ3) is 3.96. The lowest BCUT2D eigenvalue weighted by atomic mass is 9.95. The molecule has 1 aromatic rings. The summed E-state index contributed by atoms with van der Waals surface area (Å²) in [5.74, 6) is -1.07. The topological polar surface area (TPSA) is 75.4 Å². The van der Waals surface area contributed by atoms with Gasteiger partial charge in [-0.1, -0.05) is 11.6 Å². The normalized spacial score (nSPS) is 18.0. The highest BCUT2D eigenvalue weighted by Gasteiger charge is 2.28. The maximum atomic E-state index is 13.0. The van der Waals surface area contributed by atoms with Crippen LogP contribution >= 0.6 is 11.6 Å². The van der Waals surface area contributed by atoms with Gasteiger partial charge in [0.25, 0.3) is 0 Å². The van der Waals surface area contributed by atoms with Crippen molar-refractivity contribution in [1.29, 1.82) is 0 Å². The van der Waals surface area contributed by atoms with Crippen molar-refractivity contribution in [2.45, 2.75) is 25.8 Å². The van der Waals surface area contributed by atoms with Crippen LogP contribution in [-0.4, -0.2) is 35.8 Å². The molecule has 5 nitrogen and oxygen atoms in total. The zero-order chi connectivity index (χ0) is 16.3. The SMILES string of the molecule is C[C@@H](C(=O)Nc1ccc(F)cc1Cl)N1CCC(C(N)=O)CC1. The summed E-state index contributed by atoms with van der Waals surface area (Å²) >= 11 is 5.90. The Balaban J connectivity index is 1.94. The predicted octanol–water partition coefficient (Wildman–Crippen LogP) is 2.00. The highest BCUT2D eigenvalue weighted by atomic mass is 35.5. The van der Waals surface area contributed by atoms with Gasteiger partial charge in [0.1, 0.15) is 5.82 Å². The molecule has 2 amide bonds. The molecule has 0 bridgehead atoms. The summed E-state index contributed by atoms with van der Waals surface area (Å²) in [4.78, 5) is 25.4. The van der Waals surface area contributed by atoms with Gasteiger partial charge in [0, 0.05) is 5.92 Å². The number of nitrogens with two attached hydrogens (primary N) is 1. The van der Waals surface area contributed by atoms with Crippen LogP contribution in [0.1, 0.15) is 19.8 Å². The molecule has 0 aromatic heterocycles. The number of amides is 2. The maximum absolute atomic E-state index is 13.0. The molecule has 1 aliphatic rings. The minimum absolute atomic E-state index is 0.113. The van der Waals surface area contributed by atoms with Gasteiger partial charge < -0.3 is 11.1 Å². The number of nitrogens with zero attached hydrogens (tertiary/aromatic N) is 1. The lowest BCUT2D eigenvalue weighted by molar-refractivity contribution is -0.124. The van der Waals surface area contributed by atoms with E-state index in [9.17, 15) is 14.0 Å². The fourth-order valence-corrected chi connectivity index (χ4v) is 2.78. The molecule has 2 rings (SSSR count). The van der Waals surface area contributed by atoms with Gasteiger partial charge in [0.2, 0.25) is 11.8 Å². The molecule has 1 saturated heterocycles. The number of carbonyl (C=O) groups is 2. The number of rotatable bonds is 4. The molecule has 1 fully saturated rings. The second-order valence-electron chi connectivity index (χ2n) is 5.50. The first-order valence-electron chi connectivity index (χ1n) is 7.17. The van der Waals surface area contributed by atoms with Crippen molar-refractivity contribution in [2.24, 2.45) is 11.7 Å². The number of nitrogens with one attached hydrogen (secondary N) is 1. The van der Waals surface area contributed by atoms with E-state index < -0.39 is 5.82 Å². The van der Waals surface area contributed by atoms with Crippen molar-refractivity contribution in [3.63, 3.8) is 0 Å². The van der Waals surface area contributed by atoms with E-state index in [0.29, 0.717) is 31.6 Å². The smallest absolute Gasteiger partial charge is 0.241 e. The summed E-state index contributed by atoms with van der Waals surface area (Å²) in [5, 5.41) is 2.86. The molecule has 1 aliphatic heterocycles. The monoisotopic (exact) mass is 327 g/mol. The number of hydrogen-bond donors (Lipinski definition) is 2. The molecular weight excluding hydrogens is 309 g/mol. The van der Waals surface area contributed by atoms with E-state index in [2.05, 4.69) is 5.32 Å². The lowest BCUT2D eigenvalue weighted by Gasteiger charge is -2.34. The molecule has 1 aromatic carbocycles. The van der Waals surface area contributed by atoms with E-state index in [1.807, 2.05) is 4.90 Å². The Kier molecular flexibility index (Phi) is 5.37. The summed E-state index contributed by atoms with van der Waals surface area (Å²) in [6.45, 7) is 3.07. The Morgan fingerprint density at radius 1 is 1.41 bits per heavy atom. The zero-order valence-electron chi connectivity index (χ0n) is 12.3. The molecular formula is C15H19ClFN3O2. The summed E-state index contributed by atoms with van der Waals surface area (Å²) in [5.41, 5.74) is 5.68. The molecule has 0 saturated carbocycles. The molecule has 0 unspecified atom stereocenters. The van der Waals surface area contributed by atoms with E-state index in [0.717, 1.165) is 6.07 Å². The predicted molar refractivity (Wildman–Crippen MR) is 83.0 cm³/mol. The number of likely N-dealkylation sites (tertiary alicyclic amines) is 1. The first-order chi connectivity index (χ1) is 10.4. The average Bonchev–Trinajstić information content (AvgIpc) is 2.49. The van der Waals surface area contributed by atoms with Crippen molar-refractivity contribution in [3.8, 4) is 0 Å². The quantitative estimate of drug-likeness (QED) is 0.888. The third-order valence-electron chi connectivity index (χ3n) is 4.05. The van der Waals surface area contributed by atoms with Crippen LogP contribution in [0.4, 0.5) is 10.1 Å². The maximum Gasteiger partial charge on any atom is 0.241 e. The summed E-state index contributed by atoms with van der Waals surface area (Å²) in [6, 6.07) is 3.46. The van der Waals surface area contributed by atoms with Gasteiger partial charge in [0.15, 0.2) is 0 Å². The Morgan fingerprint density at radius 2 is 2.05 bits per heavy atom. The highest BCUT2D eigenvalue weighted by molar-refractivity contribution is 6.33. The van der Waals surface area contributed by atoms with Gasteiger partial charge in [-0.2, -0.15) is 0 Å². The molecule has 1 atom stereocenters. The number of carbonyl (C=O) groups excluding carboxylic acids is 2. The van der Waals surface area contributed by atoms with Crippen LogP contribution in [0.2, 0.25) is 5.02 Å². The van der Waals surface area contributed by atoms with Crippen molar-refractivity contribution >= 4 is 29.1 Å². The van der Waals surface area contributed by atoms with Gasteiger partial charge >= 0.3 is 0 Å². The molecule has 7 heteroatoms. The van der Waals surface area contributed by atoms with E-state index in [-0.39, 0.29) is 28.8 Å². The minimum Gasteiger partial charge on any atom is -0.369 e. The number of halogens is 2. The van der Waals surface area contributed by atoms with Crippen LogP contribution in [0.15, 0.2) is 18.2 Å². The van der Waals surface area contributed by atoms with Crippen molar-refractivity contribution in [2.75, 3.05) is 18.4 Å². The number of primary amides is 1. The van der Waals surface area contributed by atoms with Crippen molar-refractivity contribution in [3.05, 3.63) is 29.0 Å². The number of hydrogen-bond acceptors (Lipinski definition) is 3.